The summed E-state index contributed by atoms with van der Waals surface area (Å²) >= 11 is 0. The SMILES string of the molecule is COc1ccc(CN(Cc2ccc(C(C)(C)O)o2)C[C@H]2CCCO2)cc1OC. The zero-order valence-corrected chi connectivity index (χ0v) is 17.2. The van der Waals surface area contributed by atoms with Crippen LogP contribution in [0.3, 0.4) is 0 Å². The predicted octanol–water partition coefficient (Wildman–Crippen LogP) is 3.71. The van der Waals surface area contributed by atoms with Crippen LogP contribution in [0.5, 0.6) is 11.5 Å². The molecule has 28 heavy (non-hydrogen) atoms. The highest BCUT2D eigenvalue weighted by molar-refractivity contribution is 5.42. The van der Waals surface area contributed by atoms with Crippen molar-refractivity contribution in [1.29, 1.82) is 0 Å². The molecule has 0 amide bonds. The van der Waals surface area contributed by atoms with Gasteiger partial charge in [0.25, 0.3) is 0 Å². The predicted molar refractivity (Wildman–Crippen MR) is 107 cm³/mol. The number of aliphatic hydroxyl groups is 1. The molecule has 0 bridgehead atoms. The number of methoxy groups -OCH3 is 2. The van der Waals surface area contributed by atoms with E-state index >= 15 is 0 Å². The van der Waals surface area contributed by atoms with Crippen molar-refractivity contribution in [2.45, 2.75) is 51.5 Å². The van der Waals surface area contributed by atoms with E-state index in [2.05, 4.69) is 4.90 Å². The molecular formula is C22H31NO5. The van der Waals surface area contributed by atoms with Crippen LogP contribution < -0.4 is 9.47 Å². The minimum Gasteiger partial charge on any atom is -0.493 e. The zero-order valence-electron chi connectivity index (χ0n) is 17.2. The molecule has 0 unspecified atom stereocenters. The highest BCUT2D eigenvalue weighted by atomic mass is 16.5. The zero-order chi connectivity index (χ0) is 20.1. The van der Waals surface area contributed by atoms with Gasteiger partial charge >= 0.3 is 0 Å². The standard InChI is InChI=1S/C22H31NO5/c1-22(2,24)21-10-8-18(28-21)15-23(14-17-6-5-11-27-17)13-16-7-9-19(25-3)20(12-16)26-4/h7-10,12,17,24H,5-6,11,13-15H2,1-4H3/t17-/m1/s1. The molecule has 6 nitrogen and oxygen atoms in total. The second-order valence-corrected chi connectivity index (χ2v) is 7.82. The van der Waals surface area contributed by atoms with Crippen molar-refractivity contribution in [3.63, 3.8) is 0 Å². The normalized spacial score (nSPS) is 17.3. The van der Waals surface area contributed by atoms with Crippen LogP contribution in [-0.4, -0.2) is 43.5 Å². The van der Waals surface area contributed by atoms with E-state index in [-0.39, 0.29) is 6.10 Å². The minimum absolute atomic E-state index is 0.240. The molecule has 1 saturated heterocycles. The molecule has 1 atom stereocenters. The number of nitrogens with zero attached hydrogens (tertiary/aromatic N) is 1. The van der Waals surface area contributed by atoms with E-state index < -0.39 is 5.60 Å². The first-order valence-corrected chi connectivity index (χ1v) is 9.75. The number of ether oxygens (including phenoxy) is 3. The first-order chi connectivity index (χ1) is 13.4. The second kappa shape index (κ2) is 8.99. The molecule has 2 aromatic rings. The highest BCUT2D eigenvalue weighted by Gasteiger charge is 2.23. The summed E-state index contributed by atoms with van der Waals surface area (Å²) in [6, 6.07) is 9.76. The second-order valence-electron chi connectivity index (χ2n) is 7.82. The van der Waals surface area contributed by atoms with Crippen LogP contribution in [0.15, 0.2) is 34.7 Å². The Balaban J connectivity index is 1.76. The van der Waals surface area contributed by atoms with Gasteiger partial charge in [-0.05, 0) is 56.5 Å². The first-order valence-electron chi connectivity index (χ1n) is 9.75. The summed E-state index contributed by atoms with van der Waals surface area (Å²) in [6.45, 7) is 6.49. The van der Waals surface area contributed by atoms with Crippen LogP contribution in [0.25, 0.3) is 0 Å². The lowest BCUT2D eigenvalue weighted by Gasteiger charge is -2.25. The third-order valence-electron chi connectivity index (χ3n) is 4.98. The fourth-order valence-corrected chi connectivity index (χ4v) is 3.51. The van der Waals surface area contributed by atoms with Crippen LogP contribution >= 0.6 is 0 Å². The van der Waals surface area contributed by atoms with Gasteiger partial charge < -0.3 is 23.7 Å². The van der Waals surface area contributed by atoms with Gasteiger partial charge in [-0.2, -0.15) is 0 Å². The Kier molecular flexibility index (Phi) is 6.65. The third kappa shape index (κ3) is 5.28. The average Bonchev–Trinajstić information content (AvgIpc) is 3.33. The summed E-state index contributed by atoms with van der Waals surface area (Å²) in [5.41, 5.74) is 0.144. The molecule has 0 aliphatic carbocycles. The molecule has 0 spiro atoms. The van der Waals surface area contributed by atoms with Gasteiger partial charge in [0.15, 0.2) is 11.5 Å². The molecule has 1 N–H and O–H groups in total. The fraction of sp³-hybridized carbons (Fsp3) is 0.545. The molecule has 1 aliphatic heterocycles. The maximum Gasteiger partial charge on any atom is 0.161 e. The Morgan fingerprint density at radius 2 is 1.89 bits per heavy atom. The molecule has 1 fully saturated rings. The molecule has 3 rings (SSSR count). The van der Waals surface area contributed by atoms with Gasteiger partial charge in [0, 0.05) is 19.7 Å². The number of benzene rings is 1. The lowest BCUT2D eigenvalue weighted by atomic mass is 10.1. The Morgan fingerprint density at radius 1 is 1.11 bits per heavy atom. The largest absolute Gasteiger partial charge is 0.493 e. The van der Waals surface area contributed by atoms with Crippen molar-refractivity contribution in [2.24, 2.45) is 0 Å². The van der Waals surface area contributed by atoms with Gasteiger partial charge in [0.1, 0.15) is 17.1 Å². The van der Waals surface area contributed by atoms with Crippen molar-refractivity contribution in [1.82, 2.24) is 4.90 Å². The average molecular weight is 389 g/mol. The number of hydrogen-bond donors (Lipinski definition) is 1. The summed E-state index contributed by atoms with van der Waals surface area (Å²) in [6.07, 6.45) is 2.43. The molecule has 6 heteroatoms. The summed E-state index contributed by atoms with van der Waals surface area (Å²) in [5, 5.41) is 10.2. The molecule has 1 aliphatic rings. The summed E-state index contributed by atoms with van der Waals surface area (Å²) in [4.78, 5) is 2.31. The van der Waals surface area contributed by atoms with Gasteiger partial charge in [0.2, 0.25) is 0 Å². The van der Waals surface area contributed by atoms with Crippen molar-refractivity contribution in [2.75, 3.05) is 27.4 Å². The van der Waals surface area contributed by atoms with Crippen LogP contribution in [0.2, 0.25) is 0 Å². The number of rotatable bonds is 9. The number of furan rings is 1. The maximum atomic E-state index is 10.2. The quantitative estimate of drug-likeness (QED) is 0.705. The van der Waals surface area contributed by atoms with Crippen molar-refractivity contribution in [3.05, 3.63) is 47.4 Å². The van der Waals surface area contributed by atoms with Gasteiger partial charge in [-0.3, -0.25) is 4.90 Å². The first kappa shape index (κ1) is 20.7. The molecule has 2 heterocycles. The van der Waals surface area contributed by atoms with Gasteiger partial charge in [-0.15, -0.1) is 0 Å². The molecule has 0 radical (unpaired) electrons. The van der Waals surface area contributed by atoms with Gasteiger partial charge in [-0.1, -0.05) is 6.07 Å². The Labute approximate surface area is 167 Å². The van der Waals surface area contributed by atoms with Crippen molar-refractivity contribution in [3.8, 4) is 11.5 Å². The van der Waals surface area contributed by atoms with Gasteiger partial charge in [-0.25, -0.2) is 0 Å². The molecular weight excluding hydrogens is 358 g/mol. The summed E-state index contributed by atoms with van der Waals surface area (Å²) in [5.74, 6) is 2.85. The lowest BCUT2D eigenvalue weighted by molar-refractivity contribution is 0.0477. The van der Waals surface area contributed by atoms with Crippen LogP contribution in [0.4, 0.5) is 0 Å². The number of hydrogen-bond acceptors (Lipinski definition) is 6. The Bertz CT molecular complexity index is 759. The highest BCUT2D eigenvalue weighted by Crippen LogP contribution is 2.29. The van der Waals surface area contributed by atoms with E-state index in [1.807, 2.05) is 30.3 Å². The van der Waals surface area contributed by atoms with E-state index in [1.54, 1.807) is 28.1 Å². The monoisotopic (exact) mass is 389 g/mol. The van der Waals surface area contributed by atoms with Crippen LogP contribution in [-0.2, 0) is 23.4 Å². The summed E-state index contributed by atoms with van der Waals surface area (Å²) in [7, 11) is 3.28. The van der Waals surface area contributed by atoms with Crippen LogP contribution in [0.1, 0.15) is 43.8 Å². The van der Waals surface area contributed by atoms with E-state index in [0.717, 1.165) is 55.4 Å². The minimum atomic E-state index is -0.985. The fourth-order valence-electron chi connectivity index (χ4n) is 3.51. The third-order valence-corrected chi connectivity index (χ3v) is 4.98. The molecule has 1 aromatic heterocycles. The Hall–Kier alpha value is -2.02. The van der Waals surface area contributed by atoms with Gasteiger partial charge in [0.05, 0.1) is 26.9 Å². The lowest BCUT2D eigenvalue weighted by Crippen LogP contribution is -2.31. The molecule has 154 valence electrons. The van der Waals surface area contributed by atoms with E-state index in [9.17, 15) is 5.11 Å². The topological polar surface area (TPSA) is 64.3 Å². The summed E-state index contributed by atoms with van der Waals surface area (Å²) < 4.78 is 22.5. The molecule has 1 aromatic carbocycles. The Morgan fingerprint density at radius 3 is 2.50 bits per heavy atom. The van der Waals surface area contributed by atoms with Crippen molar-refractivity contribution >= 4 is 0 Å². The van der Waals surface area contributed by atoms with Crippen molar-refractivity contribution < 1.29 is 23.7 Å². The van der Waals surface area contributed by atoms with E-state index in [1.165, 1.54) is 0 Å². The maximum absolute atomic E-state index is 10.2. The van der Waals surface area contributed by atoms with E-state index in [0.29, 0.717) is 12.3 Å². The smallest absolute Gasteiger partial charge is 0.161 e. The van der Waals surface area contributed by atoms with Crippen LogP contribution in [0, 0.1) is 0 Å². The molecule has 0 saturated carbocycles. The van der Waals surface area contributed by atoms with E-state index in [4.69, 9.17) is 18.6 Å².